The molecule has 0 spiro atoms. The van der Waals surface area contributed by atoms with Gasteiger partial charge in [0.15, 0.2) is 0 Å². The summed E-state index contributed by atoms with van der Waals surface area (Å²) in [5, 5.41) is 11.4. The fourth-order valence-electron chi connectivity index (χ4n) is 2.21. The molecule has 1 amide bonds. The summed E-state index contributed by atoms with van der Waals surface area (Å²) in [5.41, 5.74) is 1.85. The molecule has 2 N–H and O–H groups in total. The van der Waals surface area contributed by atoms with Crippen LogP contribution in [0.4, 0.5) is 10.5 Å². The largest absolute Gasteiger partial charge is 0.465 e. The third-order valence-electron chi connectivity index (χ3n) is 3.21. The van der Waals surface area contributed by atoms with Gasteiger partial charge in [0.2, 0.25) is 0 Å². The Kier molecular flexibility index (Phi) is 3.74. The van der Waals surface area contributed by atoms with Crippen LogP contribution in [0.3, 0.4) is 0 Å². The van der Waals surface area contributed by atoms with E-state index in [1.807, 2.05) is 6.07 Å². The van der Waals surface area contributed by atoms with E-state index in [4.69, 9.17) is 11.6 Å². The molecular formula is C13H8BrClIN3O2. The molecule has 2 heterocycles. The van der Waals surface area contributed by atoms with Crippen LogP contribution >= 0.6 is 50.1 Å². The van der Waals surface area contributed by atoms with Crippen LogP contribution in [0, 0.1) is 3.57 Å². The highest BCUT2D eigenvalue weighted by molar-refractivity contribution is 14.1. The van der Waals surface area contributed by atoms with Crippen molar-refractivity contribution in [2.24, 2.45) is 0 Å². The predicted octanol–water partition coefficient (Wildman–Crippen LogP) is 4.85. The van der Waals surface area contributed by atoms with Gasteiger partial charge >= 0.3 is 6.09 Å². The average Bonchev–Trinajstić information content (AvgIpc) is 2.80. The van der Waals surface area contributed by atoms with Gasteiger partial charge in [-0.1, -0.05) is 11.6 Å². The zero-order chi connectivity index (χ0) is 15.3. The lowest BCUT2D eigenvalue weighted by Gasteiger charge is -2.15. The Morgan fingerprint density at radius 3 is 2.90 bits per heavy atom. The van der Waals surface area contributed by atoms with Crippen LogP contribution in [0.1, 0.15) is 0 Å². The first-order valence-electron chi connectivity index (χ1n) is 5.81. The van der Waals surface area contributed by atoms with Crippen molar-refractivity contribution in [1.82, 2.24) is 9.97 Å². The highest BCUT2D eigenvalue weighted by Crippen LogP contribution is 2.41. The number of benzene rings is 1. The Balaban J connectivity index is 2.49. The molecule has 0 saturated carbocycles. The molecule has 0 unspecified atom stereocenters. The Morgan fingerprint density at radius 2 is 2.24 bits per heavy atom. The molecule has 3 aromatic rings. The zero-order valence-electron chi connectivity index (χ0n) is 10.6. The lowest BCUT2D eigenvalue weighted by atomic mass is 10.1. The minimum Gasteiger partial charge on any atom is -0.465 e. The summed E-state index contributed by atoms with van der Waals surface area (Å²) in [4.78, 5) is 19.9. The number of amides is 1. The van der Waals surface area contributed by atoms with Crippen molar-refractivity contribution in [3.05, 3.63) is 31.4 Å². The number of nitrogens with one attached hydrogen (secondary N) is 1. The Bertz CT molecular complexity index is 896. The quantitative estimate of drug-likeness (QED) is 0.490. The minimum atomic E-state index is -1.06. The smallest absolute Gasteiger partial charge is 0.411 e. The second-order valence-electron chi connectivity index (χ2n) is 4.46. The first-order chi connectivity index (χ1) is 9.90. The maximum Gasteiger partial charge on any atom is 0.411 e. The van der Waals surface area contributed by atoms with Gasteiger partial charge in [-0.25, -0.2) is 9.78 Å². The van der Waals surface area contributed by atoms with Gasteiger partial charge in [0.25, 0.3) is 0 Å². The SMILES string of the molecule is CN(C(=O)O)c1cc(Cl)c(Br)c2c1[nH]c1ncc(I)cc12. The fraction of sp³-hybridized carbons (Fsp3) is 0.0769. The molecule has 0 fully saturated rings. The molecule has 3 rings (SSSR count). The molecule has 0 aliphatic rings. The van der Waals surface area contributed by atoms with E-state index in [0.29, 0.717) is 21.9 Å². The van der Waals surface area contributed by atoms with Crippen molar-refractivity contribution in [2.75, 3.05) is 11.9 Å². The molecule has 0 atom stereocenters. The Morgan fingerprint density at radius 1 is 1.52 bits per heavy atom. The van der Waals surface area contributed by atoms with E-state index >= 15 is 0 Å². The zero-order valence-corrected chi connectivity index (χ0v) is 15.1. The highest BCUT2D eigenvalue weighted by atomic mass is 127. The highest BCUT2D eigenvalue weighted by Gasteiger charge is 2.20. The number of rotatable bonds is 1. The number of aromatic amines is 1. The van der Waals surface area contributed by atoms with Crippen molar-refractivity contribution >= 4 is 83.8 Å². The maximum absolute atomic E-state index is 11.2. The van der Waals surface area contributed by atoms with Gasteiger partial charge in [0, 0.05) is 32.1 Å². The average molecular weight is 480 g/mol. The van der Waals surface area contributed by atoms with Crippen LogP contribution in [0.25, 0.3) is 21.9 Å². The molecule has 0 radical (unpaired) electrons. The Labute approximate surface area is 146 Å². The van der Waals surface area contributed by atoms with Crippen LogP contribution < -0.4 is 4.90 Å². The summed E-state index contributed by atoms with van der Waals surface area (Å²) >= 11 is 11.9. The number of carboxylic acid groups (broad SMARTS) is 1. The van der Waals surface area contributed by atoms with Crippen LogP contribution in [0.5, 0.6) is 0 Å². The van der Waals surface area contributed by atoms with Gasteiger partial charge in [0.05, 0.1) is 16.2 Å². The Hall–Kier alpha value is -1.06. The number of hydrogen-bond donors (Lipinski definition) is 2. The second kappa shape index (κ2) is 5.29. The van der Waals surface area contributed by atoms with Crippen molar-refractivity contribution in [1.29, 1.82) is 0 Å². The lowest BCUT2D eigenvalue weighted by Crippen LogP contribution is -2.24. The monoisotopic (exact) mass is 479 g/mol. The van der Waals surface area contributed by atoms with E-state index < -0.39 is 6.09 Å². The van der Waals surface area contributed by atoms with E-state index in [9.17, 15) is 9.90 Å². The van der Waals surface area contributed by atoms with E-state index in [1.54, 1.807) is 12.3 Å². The third-order valence-corrected chi connectivity index (χ3v) is 5.15. The number of halogens is 3. The topological polar surface area (TPSA) is 69.2 Å². The summed E-state index contributed by atoms with van der Waals surface area (Å²) in [6.07, 6.45) is 0.685. The van der Waals surface area contributed by atoms with E-state index in [-0.39, 0.29) is 0 Å². The van der Waals surface area contributed by atoms with Gasteiger partial charge in [-0.05, 0) is 50.7 Å². The van der Waals surface area contributed by atoms with Crippen molar-refractivity contribution in [3.8, 4) is 0 Å². The number of hydrogen-bond acceptors (Lipinski definition) is 2. The van der Waals surface area contributed by atoms with Crippen molar-refractivity contribution < 1.29 is 9.90 Å². The molecule has 8 heteroatoms. The van der Waals surface area contributed by atoms with Crippen LogP contribution in [-0.2, 0) is 0 Å². The van der Waals surface area contributed by atoms with Gasteiger partial charge < -0.3 is 10.1 Å². The molecule has 0 bridgehead atoms. The number of carbonyl (C=O) groups is 1. The molecule has 2 aromatic heterocycles. The summed E-state index contributed by atoms with van der Waals surface area (Å²) in [5.74, 6) is 0. The molecule has 0 saturated heterocycles. The van der Waals surface area contributed by atoms with E-state index in [2.05, 4.69) is 48.5 Å². The minimum absolute atomic E-state index is 0.449. The lowest BCUT2D eigenvalue weighted by molar-refractivity contribution is 0.203. The van der Waals surface area contributed by atoms with Gasteiger partial charge in [-0.3, -0.25) is 4.90 Å². The first kappa shape index (κ1) is 14.9. The van der Waals surface area contributed by atoms with Crippen LogP contribution in [0.15, 0.2) is 22.8 Å². The first-order valence-corrected chi connectivity index (χ1v) is 8.06. The van der Waals surface area contributed by atoms with Crippen LogP contribution in [-0.4, -0.2) is 28.2 Å². The van der Waals surface area contributed by atoms with Gasteiger partial charge in [0.1, 0.15) is 5.65 Å². The van der Waals surface area contributed by atoms with E-state index in [1.165, 1.54) is 7.05 Å². The van der Waals surface area contributed by atoms with Gasteiger partial charge in [-0.15, -0.1) is 0 Å². The number of fused-ring (bicyclic) bond motifs is 3. The molecule has 0 aliphatic heterocycles. The number of pyridine rings is 1. The van der Waals surface area contributed by atoms with Crippen molar-refractivity contribution in [3.63, 3.8) is 0 Å². The number of nitrogens with zero attached hydrogens (tertiary/aromatic N) is 2. The second-order valence-corrected chi connectivity index (χ2v) is 6.90. The van der Waals surface area contributed by atoms with Crippen LogP contribution in [0.2, 0.25) is 5.02 Å². The summed E-state index contributed by atoms with van der Waals surface area (Å²) in [7, 11) is 1.48. The molecule has 5 nitrogen and oxygen atoms in total. The van der Waals surface area contributed by atoms with Crippen molar-refractivity contribution in [2.45, 2.75) is 0 Å². The predicted molar refractivity (Wildman–Crippen MR) is 95.5 cm³/mol. The number of aromatic nitrogens is 2. The summed E-state index contributed by atoms with van der Waals surface area (Å²) in [6, 6.07) is 3.59. The standard InChI is InChI=1S/C13H8BrClIN3O2/c1-19(13(20)21)8-3-7(15)10(14)9-6-2-5(16)4-17-12(6)18-11(8)9/h2-4H,1H3,(H,17,18)(H,20,21). The molecule has 0 aliphatic carbocycles. The molecule has 21 heavy (non-hydrogen) atoms. The normalized spacial score (nSPS) is 11.2. The van der Waals surface area contributed by atoms with Gasteiger partial charge in [-0.2, -0.15) is 0 Å². The molecule has 1 aromatic carbocycles. The number of anilines is 1. The summed E-state index contributed by atoms with van der Waals surface area (Å²) in [6.45, 7) is 0. The maximum atomic E-state index is 11.2. The van der Waals surface area contributed by atoms with E-state index in [0.717, 1.165) is 23.7 Å². The molecule has 108 valence electrons. The third kappa shape index (κ3) is 2.36. The number of H-pyrrole nitrogens is 1. The molecular weight excluding hydrogens is 472 g/mol. The fourth-order valence-corrected chi connectivity index (χ4v) is 3.38. The summed E-state index contributed by atoms with van der Waals surface area (Å²) < 4.78 is 1.71.